The number of primary amides is 1. The molecule has 0 aliphatic heterocycles. The predicted octanol–water partition coefficient (Wildman–Crippen LogP) is 2.60. The van der Waals surface area contributed by atoms with E-state index in [1.807, 2.05) is 48.5 Å². The Morgan fingerprint density at radius 2 is 1.38 bits per heavy atom. The fourth-order valence-corrected chi connectivity index (χ4v) is 1.50. The number of carbonyl (C=O) groups is 2. The highest BCUT2D eigenvalue weighted by Crippen LogP contribution is 1.99. The van der Waals surface area contributed by atoms with E-state index in [1.165, 1.54) is 0 Å². The molecule has 21 heavy (non-hydrogen) atoms. The Bertz CT molecular complexity index is 555. The zero-order chi connectivity index (χ0) is 15.5. The normalized spacial score (nSPS) is 9.14. The summed E-state index contributed by atoms with van der Waals surface area (Å²) >= 11 is 0. The van der Waals surface area contributed by atoms with Crippen LogP contribution in [0.25, 0.3) is 0 Å². The summed E-state index contributed by atoms with van der Waals surface area (Å²) in [6, 6.07) is 18.5. The maximum absolute atomic E-state index is 10.2. The van der Waals surface area contributed by atoms with Crippen LogP contribution in [0.2, 0.25) is 0 Å². The van der Waals surface area contributed by atoms with E-state index in [0.717, 1.165) is 11.1 Å². The first-order chi connectivity index (χ1) is 10.1. The quantitative estimate of drug-likeness (QED) is 0.904. The fourth-order valence-electron chi connectivity index (χ4n) is 1.50. The van der Waals surface area contributed by atoms with Crippen LogP contribution in [0.4, 0.5) is 4.79 Å². The third-order valence-electron chi connectivity index (χ3n) is 2.42. The highest BCUT2D eigenvalue weighted by Gasteiger charge is 1.96. The summed E-state index contributed by atoms with van der Waals surface area (Å²) in [6.45, 7) is 0.246. The number of carboxylic acid groups (broad SMARTS) is 1. The highest BCUT2D eigenvalue weighted by molar-refractivity contribution is 5.70. The zero-order valence-corrected chi connectivity index (χ0v) is 11.4. The molecule has 0 aromatic heterocycles. The molecule has 0 bridgehead atoms. The van der Waals surface area contributed by atoms with E-state index in [0.29, 0.717) is 0 Å². The van der Waals surface area contributed by atoms with Crippen LogP contribution >= 0.6 is 0 Å². The summed E-state index contributed by atoms with van der Waals surface area (Å²) in [5.74, 6) is -0.786. The van der Waals surface area contributed by atoms with E-state index in [-0.39, 0.29) is 13.0 Å². The second-order valence-electron chi connectivity index (χ2n) is 4.15. The van der Waals surface area contributed by atoms with E-state index in [9.17, 15) is 9.59 Å². The molecule has 110 valence electrons. The van der Waals surface area contributed by atoms with Crippen molar-refractivity contribution in [3.8, 4) is 0 Å². The number of carbonyl (C=O) groups excluding carboxylic acids is 1. The lowest BCUT2D eigenvalue weighted by Gasteiger charge is -1.99. The molecular formula is C16H17NO4. The van der Waals surface area contributed by atoms with Gasteiger partial charge in [0.2, 0.25) is 0 Å². The summed E-state index contributed by atoms with van der Waals surface area (Å²) in [7, 11) is 0. The van der Waals surface area contributed by atoms with E-state index in [4.69, 9.17) is 10.8 Å². The number of hydrogen-bond acceptors (Lipinski definition) is 3. The number of amides is 1. The minimum Gasteiger partial charge on any atom is -0.481 e. The number of aliphatic carboxylic acids is 1. The van der Waals surface area contributed by atoms with Crippen LogP contribution in [0, 0.1) is 0 Å². The number of benzene rings is 2. The molecule has 0 radical (unpaired) electrons. The minimum absolute atomic E-state index is 0.112. The molecule has 2 aromatic rings. The molecule has 3 N–H and O–H groups in total. The molecule has 0 aliphatic carbocycles. The van der Waals surface area contributed by atoms with Gasteiger partial charge in [0.25, 0.3) is 0 Å². The molecule has 0 spiro atoms. The second-order valence-corrected chi connectivity index (χ2v) is 4.15. The highest BCUT2D eigenvalue weighted by atomic mass is 16.5. The molecule has 2 rings (SSSR count). The van der Waals surface area contributed by atoms with Gasteiger partial charge in [-0.2, -0.15) is 0 Å². The molecule has 0 atom stereocenters. The average Bonchev–Trinajstić information content (AvgIpc) is 2.47. The monoisotopic (exact) mass is 287 g/mol. The molecule has 0 saturated carbocycles. The van der Waals surface area contributed by atoms with Crippen LogP contribution in [0.3, 0.4) is 0 Å². The Labute approximate surface area is 123 Å². The van der Waals surface area contributed by atoms with Gasteiger partial charge in [-0.05, 0) is 11.1 Å². The molecule has 0 unspecified atom stereocenters. The van der Waals surface area contributed by atoms with Gasteiger partial charge in [-0.1, -0.05) is 60.7 Å². The summed E-state index contributed by atoms with van der Waals surface area (Å²) in [5.41, 5.74) is 6.56. The van der Waals surface area contributed by atoms with Crippen molar-refractivity contribution in [3.05, 3.63) is 71.8 Å². The van der Waals surface area contributed by atoms with Gasteiger partial charge in [-0.3, -0.25) is 4.79 Å². The summed E-state index contributed by atoms with van der Waals surface area (Å²) in [4.78, 5) is 20.3. The van der Waals surface area contributed by atoms with Gasteiger partial charge in [0.1, 0.15) is 6.61 Å². The van der Waals surface area contributed by atoms with E-state index in [2.05, 4.69) is 4.74 Å². The van der Waals surface area contributed by atoms with Gasteiger partial charge in [-0.25, -0.2) is 4.79 Å². The maximum Gasteiger partial charge on any atom is 0.404 e. The maximum atomic E-state index is 10.2. The van der Waals surface area contributed by atoms with Gasteiger partial charge in [-0.15, -0.1) is 0 Å². The largest absolute Gasteiger partial charge is 0.481 e. The third-order valence-corrected chi connectivity index (χ3v) is 2.42. The number of ether oxygens (including phenoxy) is 1. The Kier molecular flexibility index (Phi) is 7.07. The number of hydrogen-bond donors (Lipinski definition) is 2. The van der Waals surface area contributed by atoms with Gasteiger partial charge in [0.05, 0.1) is 6.42 Å². The third kappa shape index (κ3) is 8.05. The Morgan fingerprint density at radius 1 is 0.905 bits per heavy atom. The van der Waals surface area contributed by atoms with E-state index in [1.54, 1.807) is 12.1 Å². The van der Waals surface area contributed by atoms with Crippen molar-refractivity contribution in [1.82, 2.24) is 0 Å². The second kappa shape index (κ2) is 9.14. The van der Waals surface area contributed by atoms with E-state index < -0.39 is 12.1 Å². The first kappa shape index (κ1) is 16.2. The van der Waals surface area contributed by atoms with Gasteiger partial charge >= 0.3 is 12.1 Å². The lowest BCUT2D eigenvalue weighted by molar-refractivity contribution is -0.136. The Morgan fingerprint density at radius 3 is 1.81 bits per heavy atom. The summed E-state index contributed by atoms with van der Waals surface area (Å²) < 4.78 is 4.57. The average molecular weight is 287 g/mol. The molecule has 0 heterocycles. The van der Waals surface area contributed by atoms with Gasteiger partial charge < -0.3 is 15.6 Å². The fraction of sp³-hybridized carbons (Fsp3) is 0.125. The van der Waals surface area contributed by atoms with Crippen LogP contribution in [-0.4, -0.2) is 17.2 Å². The van der Waals surface area contributed by atoms with E-state index >= 15 is 0 Å². The van der Waals surface area contributed by atoms with Crippen molar-refractivity contribution >= 4 is 12.1 Å². The predicted molar refractivity (Wildman–Crippen MR) is 78.6 cm³/mol. The molecule has 2 aromatic carbocycles. The molecule has 0 fully saturated rings. The standard InChI is InChI=1S/C8H9NO2.C8H8O2/c9-8(10)11-6-7-4-2-1-3-5-7;9-8(10)6-7-4-2-1-3-5-7/h1-5H,6H2,(H2,9,10);1-5H,6H2,(H,9,10). The smallest absolute Gasteiger partial charge is 0.404 e. The van der Waals surface area contributed by atoms with Crippen LogP contribution in [0.1, 0.15) is 11.1 Å². The molecular weight excluding hydrogens is 270 g/mol. The van der Waals surface area contributed by atoms with Crippen molar-refractivity contribution in [2.24, 2.45) is 5.73 Å². The Hall–Kier alpha value is -2.82. The minimum atomic E-state index is -0.786. The molecule has 0 aliphatic rings. The van der Waals surface area contributed by atoms with Crippen LogP contribution in [-0.2, 0) is 22.6 Å². The summed E-state index contributed by atoms with van der Waals surface area (Å²) in [5, 5.41) is 8.37. The van der Waals surface area contributed by atoms with Crippen molar-refractivity contribution < 1.29 is 19.4 Å². The molecule has 5 nitrogen and oxygen atoms in total. The van der Waals surface area contributed by atoms with Crippen LogP contribution < -0.4 is 5.73 Å². The first-order valence-electron chi connectivity index (χ1n) is 6.30. The van der Waals surface area contributed by atoms with Gasteiger partial charge in [0, 0.05) is 0 Å². The number of carboxylic acids is 1. The van der Waals surface area contributed by atoms with Crippen molar-refractivity contribution in [2.75, 3.05) is 0 Å². The topological polar surface area (TPSA) is 89.6 Å². The zero-order valence-electron chi connectivity index (χ0n) is 11.4. The molecule has 1 amide bonds. The Balaban J connectivity index is 0.000000211. The molecule has 5 heteroatoms. The lowest BCUT2D eigenvalue weighted by Crippen LogP contribution is -2.12. The number of rotatable bonds is 4. The van der Waals surface area contributed by atoms with Crippen LogP contribution in [0.15, 0.2) is 60.7 Å². The summed E-state index contributed by atoms with van der Waals surface area (Å²) in [6.07, 6.45) is -0.630. The van der Waals surface area contributed by atoms with Crippen molar-refractivity contribution in [3.63, 3.8) is 0 Å². The van der Waals surface area contributed by atoms with Crippen molar-refractivity contribution in [2.45, 2.75) is 13.0 Å². The molecule has 0 saturated heterocycles. The number of nitrogens with two attached hydrogens (primary N) is 1. The lowest BCUT2D eigenvalue weighted by atomic mass is 10.2. The first-order valence-corrected chi connectivity index (χ1v) is 6.30. The van der Waals surface area contributed by atoms with Gasteiger partial charge in [0.15, 0.2) is 0 Å². The van der Waals surface area contributed by atoms with Crippen molar-refractivity contribution in [1.29, 1.82) is 0 Å². The SMILES string of the molecule is NC(=O)OCc1ccccc1.O=C(O)Cc1ccccc1. The van der Waals surface area contributed by atoms with Crippen LogP contribution in [0.5, 0.6) is 0 Å².